The van der Waals surface area contributed by atoms with E-state index in [1.807, 2.05) is 51.1 Å². The quantitative estimate of drug-likeness (QED) is 0.284. The number of amides is 2. The fourth-order valence-corrected chi connectivity index (χ4v) is 6.53. The maximum absolute atomic E-state index is 13.1. The van der Waals surface area contributed by atoms with Crippen molar-refractivity contribution in [3.63, 3.8) is 0 Å². The SMILES string of the molecule is CC(C)(C)OC(=O)N1CCN(CCC(CSc2ccccc2)NC(=O)OCC2c3ccccc3-c3ccccc32)CC1. The highest BCUT2D eigenvalue weighted by Crippen LogP contribution is 2.44. The van der Waals surface area contributed by atoms with Crippen LogP contribution in [-0.2, 0) is 9.47 Å². The predicted octanol–water partition coefficient (Wildman–Crippen LogP) is 6.63. The Hall–Kier alpha value is -3.49. The maximum atomic E-state index is 13.1. The molecular weight excluding hydrogens is 546 g/mol. The first-order valence-corrected chi connectivity index (χ1v) is 15.7. The van der Waals surface area contributed by atoms with E-state index in [-0.39, 0.29) is 24.1 Å². The lowest BCUT2D eigenvalue weighted by Crippen LogP contribution is -2.51. The highest BCUT2D eigenvalue weighted by molar-refractivity contribution is 7.99. The molecule has 1 unspecified atom stereocenters. The highest BCUT2D eigenvalue weighted by atomic mass is 32.2. The van der Waals surface area contributed by atoms with Crippen LogP contribution in [0.4, 0.5) is 9.59 Å². The Bertz CT molecular complexity index is 1310. The average molecular weight is 588 g/mol. The van der Waals surface area contributed by atoms with Crippen LogP contribution in [0.3, 0.4) is 0 Å². The van der Waals surface area contributed by atoms with E-state index < -0.39 is 5.60 Å². The van der Waals surface area contributed by atoms with Gasteiger partial charge in [0.2, 0.25) is 0 Å². The highest BCUT2D eigenvalue weighted by Gasteiger charge is 2.30. The molecule has 3 aromatic rings. The lowest BCUT2D eigenvalue weighted by atomic mass is 9.98. The summed E-state index contributed by atoms with van der Waals surface area (Å²) >= 11 is 1.73. The minimum Gasteiger partial charge on any atom is -0.449 e. The van der Waals surface area contributed by atoms with Crippen molar-refractivity contribution in [1.82, 2.24) is 15.1 Å². The van der Waals surface area contributed by atoms with Crippen LogP contribution in [0, 0.1) is 0 Å². The summed E-state index contributed by atoms with van der Waals surface area (Å²) in [7, 11) is 0. The normalized spacial score (nSPS) is 15.9. The van der Waals surface area contributed by atoms with Crippen LogP contribution in [0.15, 0.2) is 83.8 Å². The van der Waals surface area contributed by atoms with Gasteiger partial charge in [-0.2, -0.15) is 0 Å². The third-order valence-corrected chi connectivity index (χ3v) is 8.85. The van der Waals surface area contributed by atoms with Crippen LogP contribution >= 0.6 is 11.8 Å². The van der Waals surface area contributed by atoms with Gasteiger partial charge in [-0.05, 0) is 61.6 Å². The monoisotopic (exact) mass is 587 g/mol. The number of nitrogens with zero attached hydrogens (tertiary/aromatic N) is 2. The summed E-state index contributed by atoms with van der Waals surface area (Å²) in [6.07, 6.45) is 0.151. The number of carbonyl (C=O) groups excluding carboxylic acids is 2. The van der Waals surface area contributed by atoms with E-state index in [2.05, 4.69) is 58.7 Å². The smallest absolute Gasteiger partial charge is 0.410 e. The number of benzene rings is 3. The molecule has 8 heteroatoms. The van der Waals surface area contributed by atoms with Crippen LogP contribution in [-0.4, -0.2) is 78.7 Å². The van der Waals surface area contributed by atoms with Crippen molar-refractivity contribution in [2.24, 2.45) is 0 Å². The number of thioether (sulfide) groups is 1. The van der Waals surface area contributed by atoms with Crippen molar-refractivity contribution < 1.29 is 19.1 Å². The van der Waals surface area contributed by atoms with Crippen LogP contribution in [0.5, 0.6) is 0 Å². The van der Waals surface area contributed by atoms with Crippen molar-refractivity contribution in [3.05, 3.63) is 90.0 Å². The summed E-state index contributed by atoms with van der Waals surface area (Å²) in [5, 5.41) is 3.16. The van der Waals surface area contributed by atoms with Gasteiger partial charge in [0.25, 0.3) is 0 Å². The Balaban J connectivity index is 1.16. The number of rotatable bonds is 9. The summed E-state index contributed by atoms with van der Waals surface area (Å²) in [4.78, 5) is 30.9. The van der Waals surface area contributed by atoms with Gasteiger partial charge in [-0.3, -0.25) is 4.90 Å². The minimum absolute atomic E-state index is 0.0292. The van der Waals surface area contributed by atoms with Crippen LogP contribution in [0.2, 0.25) is 0 Å². The third kappa shape index (κ3) is 7.86. The number of nitrogens with one attached hydrogen (secondary N) is 1. The molecule has 0 saturated carbocycles. The number of piperazine rings is 1. The van der Waals surface area contributed by atoms with E-state index in [0.717, 1.165) is 31.8 Å². The molecule has 0 aromatic heterocycles. The lowest BCUT2D eigenvalue weighted by molar-refractivity contribution is 0.0142. The Morgan fingerprint density at radius 3 is 2.10 bits per heavy atom. The molecule has 1 atom stereocenters. The van der Waals surface area contributed by atoms with E-state index in [0.29, 0.717) is 19.7 Å². The van der Waals surface area contributed by atoms with Gasteiger partial charge in [-0.1, -0.05) is 66.7 Å². The average Bonchev–Trinajstić information content (AvgIpc) is 3.31. The largest absolute Gasteiger partial charge is 0.449 e. The second-order valence-corrected chi connectivity index (χ2v) is 13.0. The van der Waals surface area contributed by atoms with Gasteiger partial charge < -0.3 is 19.7 Å². The Labute approximate surface area is 253 Å². The topological polar surface area (TPSA) is 71.1 Å². The Morgan fingerprint density at radius 1 is 0.881 bits per heavy atom. The lowest BCUT2D eigenvalue weighted by Gasteiger charge is -2.36. The standard InChI is InChI=1S/C34H41N3O4S/c1-34(2,3)41-33(39)37-21-19-36(20-22-37)18-17-25(24-42-26-11-5-4-6-12-26)35-32(38)40-23-31-29-15-9-7-13-27(29)28-14-8-10-16-30(28)31/h4-16,25,31H,17-24H2,1-3H3,(H,35,38). The summed E-state index contributed by atoms with van der Waals surface area (Å²) < 4.78 is 11.4. The van der Waals surface area contributed by atoms with Gasteiger partial charge in [0.05, 0.1) is 0 Å². The predicted molar refractivity (Wildman–Crippen MR) is 168 cm³/mol. The van der Waals surface area contributed by atoms with E-state index >= 15 is 0 Å². The zero-order chi connectivity index (χ0) is 29.5. The van der Waals surface area contributed by atoms with Crippen molar-refractivity contribution in [2.45, 2.75) is 49.6 Å². The molecule has 222 valence electrons. The molecule has 2 amide bonds. The second-order valence-electron chi connectivity index (χ2n) is 11.9. The molecule has 1 saturated heterocycles. The molecular formula is C34H41N3O4S. The van der Waals surface area contributed by atoms with Crippen molar-refractivity contribution in [2.75, 3.05) is 45.1 Å². The number of alkyl carbamates (subject to hydrolysis) is 1. The molecule has 0 bridgehead atoms. The summed E-state index contributed by atoms with van der Waals surface area (Å²) in [6.45, 7) is 9.62. The summed E-state index contributed by atoms with van der Waals surface area (Å²) in [5.41, 5.74) is 4.33. The number of fused-ring (bicyclic) bond motifs is 3. The zero-order valence-corrected chi connectivity index (χ0v) is 25.6. The van der Waals surface area contributed by atoms with Gasteiger partial charge >= 0.3 is 12.2 Å². The second kappa shape index (κ2) is 13.7. The molecule has 0 radical (unpaired) electrons. The molecule has 2 aliphatic rings. The van der Waals surface area contributed by atoms with Crippen LogP contribution in [0.1, 0.15) is 44.2 Å². The van der Waals surface area contributed by atoms with Crippen molar-refractivity contribution in [3.8, 4) is 11.1 Å². The van der Waals surface area contributed by atoms with E-state index in [1.165, 1.54) is 27.1 Å². The van der Waals surface area contributed by atoms with Crippen molar-refractivity contribution >= 4 is 23.9 Å². The molecule has 3 aromatic carbocycles. The molecule has 42 heavy (non-hydrogen) atoms. The van der Waals surface area contributed by atoms with E-state index in [9.17, 15) is 9.59 Å². The first-order valence-electron chi connectivity index (χ1n) is 14.8. The number of carbonyl (C=O) groups is 2. The van der Waals surface area contributed by atoms with Gasteiger partial charge in [0.15, 0.2) is 0 Å². The van der Waals surface area contributed by atoms with Gasteiger partial charge in [-0.15, -0.1) is 11.8 Å². The minimum atomic E-state index is -0.497. The van der Waals surface area contributed by atoms with Gasteiger partial charge in [0.1, 0.15) is 12.2 Å². The van der Waals surface area contributed by atoms with Crippen LogP contribution in [0.25, 0.3) is 11.1 Å². The first-order chi connectivity index (χ1) is 20.3. The van der Waals surface area contributed by atoms with Gasteiger partial charge in [-0.25, -0.2) is 9.59 Å². The number of hydrogen-bond donors (Lipinski definition) is 1. The van der Waals surface area contributed by atoms with Crippen molar-refractivity contribution in [1.29, 1.82) is 0 Å². The molecule has 1 heterocycles. The van der Waals surface area contributed by atoms with Gasteiger partial charge in [0, 0.05) is 55.3 Å². The first kappa shape index (κ1) is 30.0. The molecule has 1 fully saturated rings. The zero-order valence-electron chi connectivity index (χ0n) is 24.8. The maximum Gasteiger partial charge on any atom is 0.410 e. The third-order valence-electron chi connectivity index (χ3n) is 7.68. The molecule has 0 spiro atoms. The molecule has 1 aliphatic heterocycles. The van der Waals surface area contributed by atoms with E-state index in [1.54, 1.807) is 16.7 Å². The number of ether oxygens (including phenoxy) is 2. The summed E-state index contributed by atoms with van der Waals surface area (Å²) in [5.74, 6) is 0.771. The van der Waals surface area contributed by atoms with Crippen LogP contribution < -0.4 is 5.32 Å². The fourth-order valence-electron chi connectivity index (χ4n) is 5.54. The Morgan fingerprint density at radius 2 is 1.48 bits per heavy atom. The molecule has 7 nitrogen and oxygen atoms in total. The molecule has 1 aliphatic carbocycles. The summed E-state index contributed by atoms with van der Waals surface area (Å²) in [6, 6.07) is 26.9. The Kier molecular flexibility index (Phi) is 9.75. The molecule has 5 rings (SSSR count). The number of hydrogen-bond acceptors (Lipinski definition) is 6. The molecule has 1 N–H and O–H groups in total. The fraction of sp³-hybridized carbons (Fsp3) is 0.412. The van der Waals surface area contributed by atoms with E-state index in [4.69, 9.17) is 9.47 Å².